The second-order valence-corrected chi connectivity index (χ2v) is 16.5. The number of halogens is 2. The van der Waals surface area contributed by atoms with Crippen LogP contribution in [-0.4, -0.2) is 110 Å². The van der Waals surface area contributed by atoms with Gasteiger partial charge in [-0.05, 0) is 48.1 Å². The lowest BCUT2D eigenvalue weighted by molar-refractivity contribution is -0.197. The third kappa shape index (κ3) is 14.8. The van der Waals surface area contributed by atoms with Gasteiger partial charge in [0.15, 0.2) is 0 Å². The SMILES string of the molecule is CC(C)(C)[C@H](c1cc(-c2cc(F)ccc2F)cn1Cc1ccccc1)N(CCCNC(=O)[C@H](CC(=N)N)NC(=O)[C@H](CC(=O)O)NC(=O)CCCC(=O)ON1C(=O)CCC1=O)C(=O)CO. The fourth-order valence-corrected chi connectivity index (χ4v) is 7.24. The predicted octanol–water partition coefficient (Wildman–Crippen LogP) is 2.44. The number of imide groups is 1. The molecule has 8 N–H and O–H groups in total. The molecule has 4 rings (SSSR count). The number of hydrogen-bond acceptors (Lipinski definition) is 11. The van der Waals surface area contributed by atoms with Crippen LogP contribution >= 0.6 is 0 Å². The van der Waals surface area contributed by atoms with Gasteiger partial charge >= 0.3 is 11.9 Å². The number of amidine groups is 1. The van der Waals surface area contributed by atoms with Gasteiger partial charge in [0.05, 0.1) is 18.3 Å². The molecule has 350 valence electrons. The lowest BCUT2D eigenvalue weighted by atomic mass is 9.83. The van der Waals surface area contributed by atoms with Crippen LogP contribution in [0.25, 0.3) is 11.1 Å². The molecule has 65 heavy (non-hydrogen) atoms. The van der Waals surface area contributed by atoms with Crippen molar-refractivity contribution in [1.82, 2.24) is 30.5 Å². The lowest BCUT2D eigenvalue weighted by Crippen LogP contribution is -2.55. The third-order valence-corrected chi connectivity index (χ3v) is 10.2. The number of aliphatic hydroxyl groups excluding tert-OH is 1. The number of aliphatic hydroxyl groups is 1. The van der Waals surface area contributed by atoms with E-state index in [4.69, 9.17) is 16.0 Å². The van der Waals surface area contributed by atoms with E-state index in [0.717, 1.165) is 23.8 Å². The van der Waals surface area contributed by atoms with E-state index in [0.29, 0.717) is 22.9 Å². The molecule has 0 bridgehead atoms. The smallest absolute Gasteiger partial charge is 0.333 e. The minimum atomic E-state index is -1.71. The number of amides is 6. The van der Waals surface area contributed by atoms with E-state index in [1.54, 1.807) is 12.3 Å². The Morgan fingerprint density at radius 3 is 2.18 bits per heavy atom. The Bertz CT molecular complexity index is 2250. The van der Waals surface area contributed by atoms with Gasteiger partial charge in [0.25, 0.3) is 11.8 Å². The molecule has 1 aromatic heterocycles. The van der Waals surface area contributed by atoms with Crippen LogP contribution in [0.2, 0.25) is 0 Å². The maximum Gasteiger partial charge on any atom is 0.333 e. The highest BCUT2D eigenvalue weighted by Gasteiger charge is 2.37. The van der Waals surface area contributed by atoms with Crippen LogP contribution < -0.4 is 21.7 Å². The zero-order valence-corrected chi connectivity index (χ0v) is 36.2. The molecule has 3 atom stereocenters. The number of aromatic nitrogens is 1. The molecule has 2 heterocycles. The van der Waals surface area contributed by atoms with Crippen molar-refractivity contribution in [3.05, 3.63) is 83.7 Å². The van der Waals surface area contributed by atoms with Crippen LogP contribution in [0.3, 0.4) is 0 Å². The van der Waals surface area contributed by atoms with Crippen LogP contribution in [-0.2, 0) is 49.7 Å². The minimum Gasteiger partial charge on any atom is -0.481 e. The van der Waals surface area contributed by atoms with E-state index >= 15 is 4.39 Å². The predicted molar refractivity (Wildman–Crippen MR) is 228 cm³/mol. The molecule has 0 unspecified atom stereocenters. The van der Waals surface area contributed by atoms with Crippen LogP contribution in [0.15, 0.2) is 60.8 Å². The number of hydroxylamine groups is 2. The fourth-order valence-electron chi connectivity index (χ4n) is 7.24. The van der Waals surface area contributed by atoms with E-state index in [9.17, 15) is 53.0 Å². The van der Waals surface area contributed by atoms with Crippen molar-refractivity contribution >= 4 is 53.2 Å². The molecule has 0 radical (unpaired) electrons. The second kappa shape index (κ2) is 23.1. The molecular formula is C44H54F2N8O11. The summed E-state index contributed by atoms with van der Waals surface area (Å²) in [6.45, 7) is 4.88. The minimum absolute atomic E-state index is 0.00474. The number of carbonyl (C=O) groups is 8. The molecule has 1 aliphatic rings. The summed E-state index contributed by atoms with van der Waals surface area (Å²) in [5.41, 5.74) is 6.64. The van der Waals surface area contributed by atoms with E-state index in [-0.39, 0.29) is 44.3 Å². The first-order valence-electron chi connectivity index (χ1n) is 20.8. The Kier molecular flexibility index (Phi) is 18.0. The van der Waals surface area contributed by atoms with Crippen molar-refractivity contribution in [2.75, 3.05) is 19.7 Å². The van der Waals surface area contributed by atoms with Gasteiger partial charge in [0.2, 0.25) is 23.6 Å². The molecule has 0 aliphatic carbocycles. The van der Waals surface area contributed by atoms with Gasteiger partial charge in [0, 0.05) is 74.8 Å². The van der Waals surface area contributed by atoms with Gasteiger partial charge in [0.1, 0.15) is 30.3 Å². The molecule has 19 nitrogen and oxygen atoms in total. The first-order chi connectivity index (χ1) is 30.7. The highest BCUT2D eigenvalue weighted by Crippen LogP contribution is 2.41. The van der Waals surface area contributed by atoms with Crippen LogP contribution in [0.5, 0.6) is 0 Å². The maximum atomic E-state index is 15.1. The van der Waals surface area contributed by atoms with Crippen molar-refractivity contribution in [3.8, 4) is 11.1 Å². The Labute approximate surface area is 373 Å². The number of carbonyl (C=O) groups excluding carboxylic acids is 7. The second-order valence-electron chi connectivity index (χ2n) is 16.5. The van der Waals surface area contributed by atoms with Crippen molar-refractivity contribution in [3.63, 3.8) is 0 Å². The van der Waals surface area contributed by atoms with E-state index in [1.807, 2.05) is 55.7 Å². The number of nitrogens with zero attached hydrogens (tertiary/aromatic N) is 3. The van der Waals surface area contributed by atoms with Gasteiger partial charge in [-0.3, -0.25) is 39.0 Å². The number of nitrogens with two attached hydrogens (primary N) is 1. The fraction of sp³-hybridized carbons (Fsp3) is 0.432. The summed E-state index contributed by atoms with van der Waals surface area (Å²) < 4.78 is 31.3. The summed E-state index contributed by atoms with van der Waals surface area (Å²) in [5.74, 6) is -9.10. The number of carboxylic acids is 1. The van der Waals surface area contributed by atoms with Gasteiger partial charge < -0.3 is 46.2 Å². The number of aliphatic carboxylic acids is 1. The molecule has 21 heteroatoms. The zero-order valence-electron chi connectivity index (χ0n) is 36.2. The largest absolute Gasteiger partial charge is 0.481 e. The summed E-state index contributed by atoms with van der Waals surface area (Å²) in [6.07, 6.45) is -0.838. The molecule has 0 spiro atoms. The van der Waals surface area contributed by atoms with E-state index in [2.05, 4.69) is 16.0 Å². The van der Waals surface area contributed by atoms with Gasteiger partial charge in [-0.2, -0.15) is 0 Å². The Morgan fingerprint density at radius 1 is 0.908 bits per heavy atom. The average molecular weight is 909 g/mol. The van der Waals surface area contributed by atoms with Crippen molar-refractivity contribution in [1.29, 1.82) is 5.41 Å². The average Bonchev–Trinajstić information content (AvgIpc) is 3.78. The molecule has 6 amide bonds. The third-order valence-electron chi connectivity index (χ3n) is 10.2. The van der Waals surface area contributed by atoms with Crippen molar-refractivity contribution in [2.45, 2.75) is 96.8 Å². The highest BCUT2D eigenvalue weighted by atomic mass is 19.1. The normalized spacial score (nSPS) is 14.0. The number of benzene rings is 2. The molecule has 1 saturated heterocycles. The molecule has 0 saturated carbocycles. The lowest BCUT2D eigenvalue weighted by Gasteiger charge is -2.41. The Hall–Kier alpha value is -7.03. The summed E-state index contributed by atoms with van der Waals surface area (Å²) in [7, 11) is 0. The van der Waals surface area contributed by atoms with Crippen LogP contribution in [0.4, 0.5) is 8.78 Å². The first kappa shape index (κ1) is 50.6. The Morgan fingerprint density at radius 2 is 1.57 bits per heavy atom. The topological polar surface area (TPSA) is 284 Å². The maximum absolute atomic E-state index is 15.1. The van der Waals surface area contributed by atoms with E-state index < -0.39 is 121 Å². The Balaban J connectivity index is 1.45. The van der Waals surface area contributed by atoms with Crippen LogP contribution in [0, 0.1) is 22.5 Å². The standard InChI is InChI=1S/C44H54F2N8O11/c1-44(2,3)41(33-19-27(29-20-28(45)13-14-30(29)46)24-52(33)23-26-9-5-4-6-10-26)53(38(59)25-55)18-8-17-49-42(63)31(21-34(47)48)51-43(64)32(22-39(60)61)50-35(56)11-7-12-40(62)65-54-36(57)15-16-37(54)58/h4-6,9-10,13-14,19-20,24,31-32,41,55H,7-8,11-12,15-18,21-23,25H2,1-3H3,(H3,47,48)(H,49,63)(H,50,56)(H,51,64)(H,60,61)/t31-,32-,41-/m0/s1. The summed E-state index contributed by atoms with van der Waals surface area (Å²) in [6, 6.07) is 10.1. The monoisotopic (exact) mass is 908 g/mol. The molecule has 3 aromatic rings. The molecule has 1 aliphatic heterocycles. The van der Waals surface area contributed by atoms with Crippen molar-refractivity contribution < 1.29 is 62.2 Å². The summed E-state index contributed by atoms with van der Waals surface area (Å²) >= 11 is 0. The van der Waals surface area contributed by atoms with Gasteiger partial charge in [-0.15, -0.1) is 5.06 Å². The summed E-state index contributed by atoms with van der Waals surface area (Å²) in [5, 5.41) is 34.9. The zero-order chi connectivity index (χ0) is 48.0. The molecule has 2 aromatic carbocycles. The first-order valence-corrected chi connectivity index (χ1v) is 20.8. The van der Waals surface area contributed by atoms with E-state index in [1.165, 1.54) is 4.90 Å². The van der Waals surface area contributed by atoms with Crippen LogP contribution in [0.1, 0.15) is 89.4 Å². The number of carboxylic acid groups (broad SMARTS) is 1. The molecular weight excluding hydrogens is 855 g/mol. The number of rotatable bonds is 23. The quantitative estimate of drug-likeness (QED) is 0.0313. The number of nitrogens with one attached hydrogen (secondary N) is 4. The molecule has 1 fully saturated rings. The van der Waals surface area contributed by atoms with Gasteiger partial charge in [-0.25, -0.2) is 13.6 Å². The highest BCUT2D eigenvalue weighted by molar-refractivity contribution is 6.01. The summed E-state index contributed by atoms with van der Waals surface area (Å²) in [4.78, 5) is 106. The van der Waals surface area contributed by atoms with Gasteiger partial charge in [-0.1, -0.05) is 51.1 Å². The van der Waals surface area contributed by atoms with Crippen molar-refractivity contribution in [2.24, 2.45) is 11.1 Å². The number of hydrogen-bond donors (Lipinski definition) is 7.